The molecule has 146 valence electrons. The van der Waals surface area contributed by atoms with Crippen LogP contribution >= 0.6 is 11.8 Å². The fourth-order valence-corrected chi connectivity index (χ4v) is 3.46. The van der Waals surface area contributed by atoms with Crippen molar-refractivity contribution in [3.05, 3.63) is 42.2 Å². The van der Waals surface area contributed by atoms with Crippen LogP contribution < -0.4 is 4.90 Å². The molecule has 0 fully saturated rings. The number of carbonyl (C=O) groups is 2. The van der Waals surface area contributed by atoms with E-state index in [4.69, 9.17) is 9.47 Å². The fraction of sp³-hybridized carbons (Fsp3) is 0.300. The van der Waals surface area contributed by atoms with Crippen molar-refractivity contribution in [3.63, 3.8) is 0 Å². The van der Waals surface area contributed by atoms with Crippen LogP contribution in [-0.4, -0.2) is 34.2 Å². The van der Waals surface area contributed by atoms with Crippen LogP contribution in [0.4, 0.5) is 16.3 Å². The maximum Gasteiger partial charge on any atom is 0.420 e. The summed E-state index contributed by atoms with van der Waals surface area (Å²) in [4.78, 5) is 35.4. The molecule has 28 heavy (non-hydrogen) atoms. The molecule has 0 atom stereocenters. The van der Waals surface area contributed by atoms with E-state index >= 15 is 0 Å². The average molecular weight is 399 g/mol. The number of fused-ring (bicyclic) bond motifs is 2. The van der Waals surface area contributed by atoms with Crippen LogP contribution in [0.5, 0.6) is 0 Å². The summed E-state index contributed by atoms with van der Waals surface area (Å²) in [7, 11) is 0. The molecular weight excluding hydrogens is 378 g/mol. The number of ether oxygens (including phenoxy) is 2. The molecule has 8 heteroatoms. The van der Waals surface area contributed by atoms with Gasteiger partial charge in [-0.15, -0.1) is 0 Å². The second-order valence-corrected chi connectivity index (χ2v) is 7.95. The van der Waals surface area contributed by atoms with Crippen molar-refractivity contribution in [2.45, 2.75) is 43.2 Å². The van der Waals surface area contributed by atoms with Gasteiger partial charge in [0, 0.05) is 23.4 Å². The Hall–Kier alpha value is -2.87. The Bertz CT molecular complexity index is 937. The normalized spacial score (nSPS) is 13.1. The van der Waals surface area contributed by atoms with Gasteiger partial charge < -0.3 is 9.47 Å². The van der Waals surface area contributed by atoms with E-state index in [2.05, 4.69) is 9.97 Å². The highest BCUT2D eigenvalue weighted by molar-refractivity contribution is 7.99. The van der Waals surface area contributed by atoms with Crippen LogP contribution in [0.3, 0.4) is 0 Å². The second kappa shape index (κ2) is 8.02. The molecule has 0 unspecified atom stereocenters. The number of nitrogens with zero attached hydrogens (tertiary/aromatic N) is 3. The average Bonchev–Trinajstić information content (AvgIpc) is 2.63. The van der Waals surface area contributed by atoms with Crippen molar-refractivity contribution >= 4 is 41.4 Å². The van der Waals surface area contributed by atoms with Crippen LogP contribution in [0.25, 0.3) is 6.08 Å². The predicted molar refractivity (Wildman–Crippen MR) is 107 cm³/mol. The van der Waals surface area contributed by atoms with Crippen molar-refractivity contribution in [2.75, 3.05) is 11.5 Å². The molecule has 2 heterocycles. The van der Waals surface area contributed by atoms with Crippen molar-refractivity contribution in [1.29, 1.82) is 0 Å². The van der Waals surface area contributed by atoms with Crippen molar-refractivity contribution < 1.29 is 19.1 Å². The maximum atomic E-state index is 12.9. The number of anilines is 2. The zero-order chi connectivity index (χ0) is 20.3. The van der Waals surface area contributed by atoms with E-state index in [9.17, 15) is 9.59 Å². The molecule has 0 bridgehead atoms. The lowest BCUT2D eigenvalue weighted by Gasteiger charge is -2.31. The first-order chi connectivity index (χ1) is 13.3. The highest BCUT2D eigenvalue weighted by Gasteiger charge is 2.33. The van der Waals surface area contributed by atoms with Crippen LogP contribution in [0.2, 0.25) is 0 Å². The molecule has 0 spiro atoms. The lowest BCUT2D eigenvalue weighted by atomic mass is 10.1. The summed E-state index contributed by atoms with van der Waals surface area (Å²) >= 11 is 1.42. The second-order valence-electron chi connectivity index (χ2n) is 6.92. The standard InChI is InChI=1S/C20H21N3O4S/c1-5-26-16(24)9-7-13-6-8-15-14(12-13)23(19(25)27-20(2,3)4)17-18(28-15)22-11-10-21-17/h6-12H,5H2,1-4H3/b9-7+. The Morgan fingerprint density at radius 2 is 1.96 bits per heavy atom. The van der Waals surface area contributed by atoms with Gasteiger partial charge in [-0.3, -0.25) is 0 Å². The first-order valence-corrected chi connectivity index (χ1v) is 9.61. The van der Waals surface area contributed by atoms with Gasteiger partial charge in [-0.25, -0.2) is 24.5 Å². The van der Waals surface area contributed by atoms with Gasteiger partial charge in [-0.1, -0.05) is 17.8 Å². The Morgan fingerprint density at radius 3 is 2.68 bits per heavy atom. The molecule has 1 aromatic heterocycles. The molecule has 7 nitrogen and oxygen atoms in total. The quantitative estimate of drug-likeness (QED) is 0.551. The molecule has 3 rings (SSSR count). The van der Waals surface area contributed by atoms with Gasteiger partial charge in [0.25, 0.3) is 0 Å². The van der Waals surface area contributed by atoms with Crippen molar-refractivity contribution in [1.82, 2.24) is 9.97 Å². The molecule has 0 radical (unpaired) electrons. The number of benzene rings is 1. The molecule has 0 saturated carbocycles. The van der Waals surface area contributed by atoms with Gasteiger partial charge in [0.1, 0.15) is 10.6 Å². The van der Waals surface area contributed by atoms with E-state index in [-0.39, 0.29) is 0 Å². The third-order valence-corrected chi connectivity index (χ3v) is 4.61. The van der Waals surface area contributed by atoms with E-state index in [1.807, 2.05) is 12.1 Å². The molecule has 1 aliphatic rings. The van der Waals surface area contributed by atoms with Crippen molar-refractivity contribution in [3.8, 4) is 0 Å². The Kier molecular flexibility index (Phi) is 5.69. The number of rotatable bonds is 3. The summed E-state index contributed by atoms with van der Waals surface area (Å²) < 4.78 is 10.5. The zero-order valence-electron chi connectivity index (χ0n) is 16.1. The van der Waals surface area contributed by atoms with Gasteiger partial charge >= 0.3 is 12.1 Å². The SMILES string of the molecule is CCOC(=O)/C=C/c1ccc2c(c1)N(C(=O)OC(C)(C)C)c1nccnc1S2. The Morgan fingerprint density at radius 1 is 1.21 bits per heavy atom. The monoisotopic (exact) mass is 399 g/mol. The van der Waals surface area contributed by atoms with E-state index < -0.39 is 17.7 Å². The van der Waals surface area contributed by atoms with Gasteiger partial charge in [0.05, 0.1) is 12.3 Å². The maximum absolute atomic E-state index is 12.9. The van der Waals surface area contributed by atoms with Gasteiger partial charge in [0.15, 0.2) is 5.82 Å². The van der Waals surface area contributed by atoms with Crippen LogP contribution in [-0.2, 0) is 14.3 Å². The largest absolute Gasteiger partial charge is 0.463 e. The first kappa shape index (κ1) is 19.9. The number of amides is 1. The van der Waals surface area contributed by atoms with Crippen LogP contribution in [0, 0.1) is 0 Å². The Balaban J connectivity index is 2.01. The fourth-order valence-electron chi connectivity index (χ4n) is 2.51. The number of hydrogen-bond acceptors (Lipinski definition) is 7. The molecule has 0 aliphatic carbocycles. The van der Waals surface area contributed by atoms with E-state index in [0.717, 1.165) is 10.5 Å². The highest BCUT2D eigenvalue weighted by atomic mass is 32.2. The van der Waals surface area contributed by atoms with E-state index in [1.165, 1.54) is 28.9 Å². The van der Waals surface area contributed by atoms with Gasteiger partial charge in [0.2, 0.25) is 0 Å². The summed E-state index contributed by atoms with van der Waals surface area (Å²) in [6.07, 6.45) is 5.57. The predicted octanol–water partition coefficient (Wildman–Crippen LogP) is 4.59. The molecule has 0 N–H and O–H groups in total. The van der Waals surface area contributed by atoms with Gasteiger partial charge in [-0.2, -0.15) is 0 Å². The summed E-state index contributed by atoms with van der Waals surface area (Å²) in [5.74, 6) is -0.00409. The number of esters is 1. The molecular formula is C20H21N3O4S. The molecule has 1 aliphatic heterocycles. The number of carbonyl (C=O) groups excluding carboxylic acids is 2. The Labute approximate surface area is 167 Å². The lowest BCUT2D eigenvalue weighted by Crippen LogP contribution is -2.35. The lowest BCUT2D eigenvalue weighted by molar-refractivity contribution is -0.137. The van der Waals surface area contributed by atoms with Gasteiger partial charge in [-0.05, 0) is 51.5 Å². The van der Waals surface area contributed by atoms with Crippen LogP contribution in [0.1, 0.15) is 33.3 Å². The number of aromatic nitrogens is 2. The highest BCUT2D eigenvalue weighted by Crippen LogP contribution is 2.46. The third-order valence-electron chi connectivity index (χ3n) is 3.56. The molecule has 1 aromatic carbocycles. The number of hydrogen-bond donors (Lipinski definition) is 0. The molecule has 2 aromatic rings. The zero-order valence-corrected chi connectivity index (χ0v) is 16.9. The molecule has 0 saturated heterocycles. The summed E-state index contributed by atoms with van der Waals surface area (Å²) in [5, 5.41) is 0.621. The minimum atomic E-state index is -0.661. The van der Waals surface area contributed by atoms with E-state index in [0.29, 0.717) is 23.1 Å². The van der Waals surface area contributed by atoms with E-state index in [1.54, 1.807) is 46.0 Å². The summed E-state index contributed by atoms with van der Waals surface area (Å²) in [5.41, 5.74) is 0.706. The summed E-state index contributed by atoms with van der Waals surface area (Å²) in [6.45, 7) is 7.48. The molecule has 1 amide bonds. The third kappa shape index (κ3) is 4.51. The minimum Gasteiger partial charge on any atom is -0.463 e. The first-order valence-electron chi connectivity index (χ1n) is 8.79. The summed E-state index contributed by atoms with van der Waals surface area (Å²) in [6, 6.07) is 5.54. The van der Waals surface area contributed by atoms with Crippen LogP contribution in [0.15, 0.2) is 46.6 Å². The smallest absolute Gasteiger partial charge is 0.420 e. The topological polar surface area (TPSA) is 81.6 Å². The minimum absolute atomic E-state index is 0.311. The van der Waals surface area contributed by atoms with Crippen molar-refractivity contribution in [2.24, 2.45) is 0 Å².